The van der Waals surface area contributed by atoms with Crippen molar-refractivity contribution in [3.05, 3.63) is 35.7 Å². The molecule has 3 rings (SSSR count). The summed E-state index contributed by atoms with van der Waals surface area (Å²) in [5.74, 6) is -0.0365. The van der Waals surface area contributed by atoms with Crippen molar-refractivity contribution in [2.45, 2.75) is 26.3 Å². The van der Waals surface area contributed by atoms with Crippen molar-refractivity contribution in [3.8, 4) is 0 Å². The Balaban J connectivity index is 1.58. The molecule has 1 atom stereocenters. The first-order chi connectivity index (χ1) is 13.5. The van der Waals surface area contributed by atoms with E-state index in [1.165, 1.54) is 7.11 Å². The fourth-order valence-corrected chi connectivity index (χ4v) is 3.23. The monoisotopic (exact) mass is 386 g/mol. The Morgan fingerprint density at radius 3 is 2.93 bits per heavy atom. The van der Waals surface area contributed by atoms with Crippen LogP contribution in [0.1, 0.15) is 28.9 Å². The van der Waals surface area contributed by atoms with E-state index in [2.05, 4.69) is 26.3 Å². The number of nitrogens with one attached hydrogen (secondary N) is 3. The minimum absolute atomic E-state index is 0.00942. The number of aryl methyl sites for hydroxylation is 1. The van der Waals surface area contributed by atoms with Gasteiger partial charge in [0.2, 0.25) is 5.91 Å². The molecule has 150 valence electrons. The predicted octanol–water partition coefficient (Wildman–Crippen LogP) is 1.42. The SMILES string of the molecule is COCC(=O)Nc1ccc(NC(=O)c2cn(CC3CCCNC3)nn2)cc1C. The number of hydrogen-bond donors (Lipinski definition) is 3. The van der Waals surface area contributed by atoms with E-state index in [4.69, 9.17) is 4.74 Å². The van der Waals surface area contributed by atoms with Crippen LogP contribution in [0.25, 0.3) is 0 Å². The molecule has 2 amide bonds. The number of anilines is 2. The molecule has 1 aromatic heterocycles. The summed E-state index contributed by atoms with van der Waals surface area (Å²) in [5.41, 5.74) is 2.40. The topological polar surface area (TPSA) is 110 Å². The maximum atomic E-state index is 12.5. The molecule has 1 aromatic carbocycles. The van der Waals surface area contributed by atoms with Crippen molar-refractivity contribution in [1.82, 2.24) is 20.3 Å². The molecule has 28 heavy (non-hydrogen) atoms. The van der Waals surface area contributed by atoms with Crippen LogP contribution in [0.5, 0.6) is 0 Å². The van der Waals surface area contributed by atoms with Gasteiger partial charge in [-0.25, -0.2) is 0 Å². The van der Waals surface area contributed by atoms with E-state index in [0.717, 1.165) is 38.0 Å². The molecule has 2 heterocycles. The number of ether oxygens (including phenoxy) is 1. The van der Waals surface area contributed by atoms with Gasteiger partial charge in [0.05, 0.1) is 6.20 Å². The molecule has 1 saturated heterocycles. The predicted molar refractivity (Wildman–Crippen MR) is 105 cm³/mol. The fourth-order valence-electron chi connectivity index (χ4n) is 3.23. The van der Waals surface area contributed by atoms with Crippen molar-refractivity contribution < 1.29 is 14.3 Å². The summed E-state index contributed by atoms with van der Waals surface area (Å²) < 4.78 is 6.53. The number of methoxy groups -OCH3 is 1. The molecule has 2 aromatic rings. The molecule has 1 unspecified atom stereocenters. The third-order valence-corrected chi connectivity index (χ3v) is 4.65. The van der Waals surface area contributed by atoms with E-state index in [1.54, 1.807) is 29.1 Å². The van der Waals surface area contributed by atoms with Crippen LogP contribution in [0.2, 0.25) is 0 Å². The average Bonchev–Trinajstić information content (AvgIpc) is 3.14. The second-order valence-electron chi connectivity index (χ2n) is 7.00. The van der Waals surface area contributed by atoms with Crippen LogP contribution in [0.15, 0.2) is 24.4 Å². The second-order valence-corrected chi connectivity index (χ2v) is 7.00. The number of aromatic nitrogens is 3. The lowest BCUT2D eigenvalue weighted by molar-refractivity contribution is -0.119. The van der Waals surface area contributed by atoms with Gasteiger partial charge >= 0.3 is 0 Å². The Hall–Kier alpha value is -2.78. The summed E-state index contributed by atoms with van der Waals surface area (Å²) >= 11 is 0. The molecule has 0 saturated carbocycles. The van der Waals surface area contributed by atoms with E-state index in [0.29, 0.717) is 17.3 Å². The lowest BCUT2D eigenvalue weighted by Crippen LogP contribution is -2.32. The molecular formula is C19H26N6O3. The van der Waals surface area contributed by atoms with Crippen molar-refractivity contribution >= 4 is 23.2 Å². The molecule has 1 aliphatic rings. The summed E-state index contributed by atoms with van der Waals surface area (Å²) in [4.78, 5) is 24.1. The van der Waals surface area contributed by atoms with Gasteiger partial charge in [-0.3, -0.25) is 14.3 Å². The summed E-state index contributed by atoms with van der Waals surface area (Å²) in [5, 5.41) is 17.0. The number of rotatable bonds is 7. The van der Waals surface area contributed by atoms with Crippen LogP contribution in [-0.4, -0.2) is 53.6 Å². The normalized spacial score (nSPS) is 16.6. The van der Waals surface area contributed by atoms with Gasteiger partial charge in [-0.2, -0.15) is 0 Å². The van der Waals surface area contributed by atoms with E-state index >= 15 is 0 Å². The Morgan fingerprint density at radius 2 is 2.21 bits per heavy atom. The zero-order chi connectivity index (χ0) is 19.9. The minimum Gasteiger partial charge on any atom is -0.375 e. The highest BCUT2D eigenvalue weighted by Crippen LogP contribution is 2.20. The maximum Gasteiger partial charge on any atom is 0.277 e. The number of piperidine rings is 1. The zero-order valence-corrected chi connectivity index (χ0v) is 16.2. The first kappa shape index (κ1) is 20.0. The second kappa shape index (κ2) is 9.43. The van der Waals surface area contributed by atoms with Crippen LogP contribution in [-0.2, 0) is 16.1 Å². The average molecular weight is 386 g/mol. The van der Waals surface area contributed by atoms with Crippen molar-refractivity contribution in [2.24, 2.45) is 5.92 Å². The van der Waals surface area contributed by atoms with Gasteiger partial charge in [0, 0.05) is 25.0 Å². The zero-order valence-electron chi connectivity index (χ0n) is 16.2. The van der Waals surface area contributed by atoms with E-state index in [1.807, 2.05) is 6.92 Å². The molecule has 9 heteroatoms. The minimum atomic E-state index is -0.316. The fraction of sp³-hybridized carbons (Fsp3) is 0.474. The largest absolute Gasteiger partial charge is 0.375 e. The Labute approximate surface area is 163 Å². The van der Waals surface area contributed by atoms with E-state index in [9.17, 15) is 9.59 Å². The van der Waals surface area contributed by atoms with Crippen LogP contribution in [0.3, 0.4) is 0 Å². The maximum absolute atomic E-state index is 12.5. The van der Waals surface area contributed by atoms with Crippen LogP contribution in [0, 0.1) is 12.8 Å². The highest BCUT2D eigenvalue weighted by molar-refractivity contribution is 6.03. The highest BCUT2D eigenvalue weighted by atomic mass is 16.5. The van der Waals surface area contributed by atoms with Crippen molar-refractivity contribution in [3.63, 3.8) is 0 Å². The molecule has 9 nitrogen and oxygen atoms in total. The van der Waals surface area contributed by atoms with E-state index < -0.39 is 0 Å². The number of carbonyl (C=O) groups excluding carboxylic acids is 2. The van der Waals surface area contributed by atoms with Gasteiger partial charge in [-0.1, -0.05) is 5.21 Å². The molecule has 0 radical (unpaired) electrons. The van der Waals surface area contributed by atoms with Gasteiger partial charge in [0.25, 0.3) is 5.91 Å². The van der Waals surface area contributed by atoms with Crippen LogP contribution < -0.4 is 16.0 Å². The lowest BCUT2D eigenvalue weighted by atomic mass is 10.00. The Bertz CT molecular complexity index is 829. The summed E-state index contributed by atoms with van der Waals surface area (Å²) in [6.07, 6.45) is 3.99. The van der Waals surface area contributed by atoms with Crippen LogP contribution >= 0.6 is 0 Å². The van der Waals surface area contributed by atoms with Crippen LogP contribution in [0.4, 0.5) is 11.4 Å². The lowest BCUT2D eigenvalue weighted by Gasteiger charge is -2.22. The summed E-state index contributed by atoms with van der Waals surface area (Å²) in [6, 6.07) is 5.26. The molecule has 0 bridgehead atoms. The Kier molecular flexibility index (Phi) is 6.72. The number of amides is 2. The Morgan fingerprint density at radius 1 is 1.36 bits per heavy atom. The van der Waals surface area contributed by atoms with Gasteiger partial charge < -0.3 is 20.7 Å². The third kappa shape index (κ3) is 5.37. The highest BCUT2D eigenvalue weighted by Gasteiger charge is 2.16. The van der Waals surface area contributed by atoms with Crippen molar-refractivity contribution in [1.29, 1.82) is 0 Å². The van der Waals surface area contributed by atoms with Crippen molar-refractivity contribution in [2.75, 3.05) is 37.4 Å². The summed E-state index contributed by atoms with van der Waals surface area (Å²) in [7, 11) is 1.47. The first-order valence-electron chi connectivity index (χ1n) is 9.37. The number of nitrogens with zero attached hydrogens (tertiary/aromatic N) is 3. The number of carbonyl (C=O) groups is 2. The van der Waals surface area contributed by atoms with Gasteiger partial charge in [-0.05, 0) is 62.5 Å². The number of benzene rings is 1. The van der Waals surface area contributed by atoms with Gasteiger partial charge in [-0.15, -0.1) is 5.10 Å². The smallest absolute Gasteiger partial charge is 0.277 e. The molecule has 3 N–H and O–H groups in total. The quantitative estimate of drug-likeness (QED) is 0.664. The van der Waals surface area contributed by atoms with E-state index in [-0.39, 0.29) is 24.1 Å². The first-order valence-corrected chi connectivity index (χ1v) is 9.37. The molecule has 1 aliphatic heterocycles. The standard InChI is InChI=1S/C19H26N6O3/c1-13-8-15(5-6-16(13)22-18(26)12-28-2)21-19(27)17-11-25(24-23-17)10-14-4-3-7-20-9-14/h5-6,8,11,14,20H,3-4,7,9-10,12H2,1-2H3,(H,21,27)(H,22,26). The molecule has 1 fully saturated rings. The molecule has 0 aliphatic carbocycles. The number of hydrogen-bond acceptors (Lipinski definition) is 6. The molecule has 0 spiro atoms. The third-order valence-electron chi connectivity index (χ3n) is 4.65. The summed E-state index contributed by atoms with van der Waals surface area (Å²) in [6.45, 7) is 4.63. The van der Waals surface area contributed by atoms with Gasteiger partial charge in [0.15, 0.2) is 5.69 Å². The molecular weight excluding hydrogens is 360 g/mol. The van der Waals surface area contributed by atoms with Gasteiger partial charge in [0.1, 0.15) is 6.61 Å².